The van der Waals surface area contributed by atoms with E-state index in [4.69, 9.17) is 4.74 Å². The van der Waals surface area contributed by atoms with E-state index < -0.39 is 0 Å². The predicted molar refractivity (Wildman–Crippen MR) is 117 cm³/mol. The zero-order chi connectivity index (χ0) is 20.3. The molecule has 30 heavy (non-hydrogen) atoms. The average Bonchev–Trinajstić information content (AvgIpc) is 3.47. The van der Waals surface area contributed by atoms with Gasteiger partial charge in [0.25, 0.3) is 0 Å². The van der Waals surface area contributed by atoms with E-state index >= 15 is 0 Å². The number of ether oxygens (including phenoxy) is 1. The van der Waals surface area contributed by atoms with Gasteiger partial charge in [-0.15, -0.1) is 0 Å². The summed E-state index contributed by atoms with van der Waals surface area (Å²) in [6, 6.07) is 17.1. The van der Waals surface area contributed by atoms with E-state index in [1.54, 1.807) is 0 Å². The quantitative estimate of drug-likeness (QED) is 0.585. The third kappa shape index (κ3) is 4.32. The Balaban J connectivity index is 1.26. The summed E-state index contributed by atoms with van der Waals surface area (Å²) < 4.78 is 5.99. The van der Waals surface area contributed by atoms with Gasteiger partial charge in [0.15, 0.2) is 0 Å². The number of pyridine rings is 1. The van der Waals surface area contributed by atoms with Crippen molar-refractivity contribution in [1.29, 1.82) is 0 Å². The van der Waals surface area contributed by atoms with E-state index in [2.05, 4.69) is 57.1 Å². The van der Waals surface area contributed by atoms with Crippen LogP contribution in [0.2, 0.25) is 0 Å². The molecule has 0 radical (unpaired) electrons. The Labute approximate surface area is 176 Å². The third-order valence-electron chi connectivity index (χ3n) is 6.13. The monoisotopic (exact) mass is 404 g/mol. The number of fused-ring (bicyclic) bond motifs is 1. The molecule has 0 amide bonds. The van der Waals surface area contributed by atoms with Gasteiger partial charge in [0, 0.05) is 44.5 Å². The number of hydrogen-bond donors (Lipinski definition) is 3. The maximum atomic E-state index is 9.34. The van der Waals surface area contributed by atoms with Gasteiger partial charge in [-0.2, -0.15) is 0 Å². The van der Waals surface area contributed by atoms with Gasteiger partial charge in [0.05, 0.1) is 0 Å². The van der Waals surface area contributed by atoms with Gasteiger partial charge in [-0.3, -0.25) is 15.8 Å². The number of nitrogens with one attached hydrogen (secondary N) is 2. The molecule has 0 spiro atoms. The summed E-state index contributed by atoms with van der Waals surface area (Å²) >= 11 is 0. The van der Waals surface area contributed by atoms with Crippen molar-refractivity contribution in [3.8, 4) is 11.6 Å². The number of likely N-dealkylation sites (tertiary alicyclic amines) is 1. The smallest absolute Gasteiger partial charge is 0.219 e. The number of aromatic nitrogens is 1. The van der Waals surface area contributed by atoms with Crippen molar-refractivity contribution in [2.45, 2.75) is 25.4 Å². The molecule has 0 saturated carbocycles. The zero-order valence-electron chi connectivity index (χ0n) is 17.1. The summed E-state index contributed by atoms with van der Waals surface area (Å²) in [5.74, 6) is 1.83. The average molecular weight is 405 g/mol. The van der Waals surface area contributed by atoms with Crippen molar-refractivity contribution in [2.75, 3.05) is 26.2 Å². The molecule has 2 aliphatic heterocycles. The summed E-state index contributed by atoms with van der Waals surface area (Å²) in [7, 11) is 0. The van der Waals surface area contributed by atoms with Crippen molar-refractivity contribution in [2.24, 2.45) is 5.92 Å². The summed E-state index contributed by atoms with van der Waals surface area (Å²) in [5, 5.41) is 11.7. The van der Waals surface area contributed by atoms with E-state index in [0.29, 0.717) is 24.4 Å². The molecule has 2 aliphatic rings. The minimum atomic E-state index is 0.295. The van der Waals surface area contributed by atoms with E-state index in [1.807, 2.05) is 18.3 Å². The fourth-order valence-electron chi connectivity index (χ4n) is 4.41. The van der Waals surface area contributed by atoms with Crippen molar-refractivity contribution < 1.29 is 9.84 Å². The molecular formula is C24H28N4O2. The molecule has 0 aliphatic carbocycles. The van der Waals surface area contributed by atoms with Crippen LogP contribution in [0.15, 0.2) is 54.7 Å². The molecule has 2 atom stereocenters. The molecule has 6 heteroatoms. The van der Waals surface area contributed by atoms with Gasteiger partial charge in [0.1, 0.15) is 5.75 Å². The fraction of sp³-hybridized carbons (Fsp3) is 0.375. The molecule has 3 N–H and O–H groups in total. The highest BCUT2D eigenvalue weighted by Crippen LogP contribution is 2.27. The van der Waals surface area contributed by atoms with Crippen molar-refractivity contribution in [3.05, 3.63) is 65.9 Å². The Hall–Kier alpha value is -2.51. The van der Waals surface area contributed by atoms with Crippen LogP contribution in [0.1, 0.15) is 30.0 Å². The molecule has 3 aromatic rings. The standard InChI is InChI=1S/C24H28N4O2/c29-16-18-8-10-28(15-18)14-17-1-2-20-12-22(5-3-19(20)11-17)30-24-6-4-21(13-25-24)23-7-9-26-27-23/h1-6,11-13,18,23,26-27,29H,7-10,14-16H2/t18-,23?/m1/s1. The highest BCUT2D eigenvalue weighted by molar-refractivity contribution is 5.84. The van der Waals surface area contributed by atoms with Crippen molar-refractivity contribution >= 4 is 10.8 Å². The lowest BCUT2D eigenvalue weighted by Crippen LogP contribution is -2.24. The first kappa shape index (κ1) is 19.5. The van der Waals surface area contributed by atoms with Crippen LogP contribution in [0.5, 0.6) is 11.6 Å². The van der Waals surface area contributed by atoms with Crippen LogP contribution in [0.4, 0.5) is 0 Å². The number of aliphatic hydroxyl groups is 1. The van der Waals surface area contributed by atoms with E-state index in [0.717, 1.165) is 50.2 Å². The van der Waals surface area contributed by atoms with Crippen LogP contribution in [-0.4, -0.2) is 41.2 Å². The minimum absolute atomic E-state index is 0.295. The number of aliphatic hydroxyl groups excluding tert-OH is 1. The molecule has 2 saturated heterocycles. The van der Waals surface area contributed by atoms with Crippen LogP contribution in [0.25, 0.3) is 10.8 Å². The van der Waals surface area contributed by atoms with Gasteiger partial charge in [-0.25, -0.2) is 4.98 Å². The summed E-state index contributed by atoms with van der Waals surface area (Å²) in [5.41, 5.74) is 8.87. The molecule has 6 nitrogen and oxygen atoms in total. The molecule has 2 fully saturated rings. The van der Waals surface area contributed by atoms with Gasteiger partial charge in [-0.05, 0) is 65.4 Å². The first-order valence-corrected chi connectivity index (χ1v) is 10.7. The molecular weight excluding hydrogens is 376 g/mol. The number of rotatable bonds is 6. The normalized spacial score (nSPS) is 22.0. The van der Waals surface area contributed by atoms with Crippen molar-refractivity contribution in [1.82, 2.24) is 20.7 Å². The lowest BCUT2D eigenvalue weighted by molar-refractivity contribution is 0.220. The number of benzene rings is 2. The maximum absolute atomic E-state index is 9.34. The SMILES string of the molecule is OC[C@@H]1CCN(Cc2ccc3cc(Oc4ccc(C5CCNN5)cn4)ccc3c2)C1. The van der Waals surface area contributed by atoms with Crippen LogP contribution < -0.4 is 15.6 Å². The summed E-state index contributed by atoms with van der Waals surface area (Å²) in [4.78, 5) is 6.89. The second kappa shape index (κ2) is 8.70. The lowest BCUT2D eigenvalue weighted by Gasteiger charge is -2.16. The first-order valence-electron chi connectivity index (χ1n) is 10.7. The fourth-order valence-corrected chi connectivity index (χ4v) is 4.41. The number of hydrazine groups is 1. The Morgan fingerprint density at radius 3 is 2.73 bits per heavy atom. The van der Waals surface area contributed by atoms with E-state index in [-0.39, 0.29) is 0 Å². The molecule has 3 heterocycles. The van der Waals surface area contributed by atoms with Crippen LogP contribution in [-0.2, 0) is 6.54 Å². The van der Waals surface area contributed by atoms with Crippen LogP contribution in [0.3, 0.4) is 0 Å². The van der Waals surface area contributed by atoms with Crippen LogP contribution >= 0.6 is 0 Å². The van der Waals surface area contributed by atoms with Crippen LogP contribution in [0, 0.1) is 5.92 Å². The minimum Gasteiger partial charge on any atom is -0.439 e. The molecule has 2 aromatic carbocycles. The zero-order valence-corrected chi connectivity index (χ0v) is 17.1. The molecule has 156 valence electrons. The molecule has 1 aromatic heterocycles. The van der Waals surface area contributed by atoms with Crippen molar-refractivity contribution in [3.63, 3.8) is 0 Å². The number of hydrogen-bond acceptors (Lipinski definition) is 6. The highest BCUT2D eigenvalue weighted by atomic mass is 16.5. The second-order valence-corrected chi connectivity index (χ2v) is 8.36. The number of nitrogens with zero attached hydrogens (tertiary/aromatic N) is 2. The highest BCUT2D eigenvalue weighted by Gasteiger charge is 2.21. The molecule has 0 bridgehead atoms. The topological polar surface area (TPSA) is 69.7 Å². The Kier molecular flexibility index (Phi) is 5.64. The maximum Gasteiger partial charge on any atom is 0.219 e. The van der Waals surface area contributed by atoms with Gasteiger partial charge >= 0.3 is 0 Å². The Morgan fingerprint density at radius 2 is 1.97 bits per heavy atom. The van der Waals surface area contributed by atoms with Gasteiger partial charge in [-0.1, -0.05) is 24.3 Å². The summed E-state index contributed by atoms with van der Waals surface area (Å²) in [6.45, 7) is 4.26. The van der Waals surface area contributed by atoms with E-state index in [1.165, 1.54) is 16.5 Å². The Bertz CT molecular complexity index is 1000. The molecule has 1 unspecified atom stereocenters. The van der Waals surface area contributed by atoms with Gasteiger partial charge < -0.3 is 9.84 Å². The third-order valence-corrected chi connectivity index (χ3v) is 6.13. The lowest BCUT2D eigenvalue weighted by atomic mass is 10.1. The van der Waals surface area contributed by atoms with Gasteiger partial charge in [0.2, 0.25) is 5.88 Å². The predicted octanol–water partition coefficient (Wildman–Crippen LogP) is 3.38. The second-order valence-electron chi connectivity index (χ2n) is 8.36. The summed E-state index contributed by atoms with van der Waals surface area (Å²) in [6.07, 6.45) is 4.04. The Morgan fingerprint density at radius 1 is 1.07 bits per heavy atom. The van der Waals surface area contributed by atoms with E-state index in [9.17, 15) is 5.11 Å². The first-order chi connectivity index (χ1) is 14.8. The molecule has 5 rings (SSSR count). The largest absolute Gasteiger partial charge is 0.439 e.